The Morgan fingerprint density at radius 1 is 0.952 bits per heavy atom. The van der Waals surface area contributed by atoms with Gasteiger partial charge in [-0.05, 0) is 23.3 Å². The monoisotopic (exact) mass is 329 g/mol. The van der Waals surface area contributed by atoms with Crippen LogP contribution in [0.2, 0.25) is 5.02 Å². The highest BCUT2D eigenvalue weighted by molar-refractivity contribution is 6.31. The number of rotatable bonds is 2. The van der Waals surface area contributed by atoms with Crippen molar-refractivity contribution in [2.24, 2.45) is 0 Å². The summed E-state index contributed by atoms with van der Waals surface area (Å²) in [4.78, 5) is -1.70. The van der Waals surface area contributed by atoms with Gasteiger partial charge in [0.2, 0.25) is 0 Å². The first-order chi connectivity index (χ1) is 9.79. The molecule has 0 radical (unpaired) electrons. The maximum atomic E-state index is 12.9. The average Bonchev–Trinajstić information content (AvgIpc) is 2.46. The van der Waals surface area contributed by atoms with E-state index in [0.717, 1.165) is 12.1 Å². The molecule has 2 rings (SSSR count). The highest BCUT2D eigenvalue weighted by Gasteiger charge is 2.37. The van der Waals surface area contributed by atoms with Crippen molar-refractivity contribution >= 4 is 23.2 Å². The van der Waals surface area contributed by atoms with Gasteiger partial charge in [-0.25, -0.2) is 0 Å². The van der Waals surface area contributed by atoms with Crippen molar-refractivity contribution in [3.05, 3.63) is 70.2 Å². The molecule has 0 heterocycles. The summed E-state index contributed by atoms with van der Waals surface area (Å²) >= 11 is 11.9. The van der Waals surface area contributed by atoms with Crippen LogP contribution in [0.25, 0.3) is 0 Å². The highest BCUT2D eigenvalue weighted by atomic mass is 35.5. The number of nitrogens with zero attached hydrogens (tertiary/aromatic N) is 1. The van der Waals surface area contributed by atoms with E-state index in [1.807, 2.05) is 6.07 Å². The van der Waals surface area contributed by atoms with Crippen LogP contribution in [0.5, 0.6) is 0 Å². The van der Waals surface area contributed by atoms with Crippen LogP contribution in [-0.2, 0) is 11.1 Å². The first kappa shape index (κ1) is 15.7. The van der Waals surface area contributed by atoms with E-state index in [2.05, 4.69) is 0 Å². The van der Waals surface area contributed by atoms with Crippen LogP contribution in [0.4, 0.5) is 13.2 Å². The third kappa shape index (κ3) is 2.99. The van der Waals surface area contributed by atoms with Gasteiger partial charge in [-0.15, -0.1) is 0 Å². The van der Waals surface area contributed by atoms with Crippen molar-refractivity contribution in [3.8, 4) is 6.07 Å². The molecule has 2 aromatic rings. The number of hydrogen-bond acceptors (Lipinski definition) is 1. The fourth-order valence-corrected chi connectivity index (χ4v) is 2.39. The van der Waals surface area contributed by atoms with Crippen molar-refractivity contribution in [2.75, 3.05) is 0 Å². The summed E-state index contributed by atoms with van der Waals surface area (Å²) in [5, 5.41) is 8.92. The topological polar surface area (TPSA) is 23.8 Å². The van der Waals surface area contributed by atoms with Gasteiger partial charge in [-0.2, -0.15) is 18.4 Å². The van der Waals surface area contributed by atoms with Gasteiger partial charge in [-0.1, -0.05) is 59.6 Å². The molecule has 108 valence electrons. The minimum atomic E-state index is -4.61. The molecule has 0 aliphatic carbocycles. The van der Waals surface area contributed by atoms with Gasteiger partial charge >= 0.3 is 6.18 Å². The summed E-state index contributed by atoms with van der Waals surface area (Å²) in [6.45, 7) is 0. The summed E-state index contributed by atoms with van der Waals surface area (Å²) in [5.74, 6) is 0. The molecular weight excluding hydrogens is 322 g/mol. The first-order valence-electron chi connectivity index (χ1n) is 5.82. The van der Waals surface area contributed by atoms with Gasteiger partial charge < -0.3 is 0 Å². The molecule has 0 aromatic heterocycles. The van der Waals surface area contributed by atoms with Crippen molar-refractivity contribution in [3.63, 3.8) is 0 Å². The Kier molecular flexibility index (Phi) is 4.18. The van der Waals surface area contributed by atoms with E-state index in [1.54, 1.807) is 30.3 Å². The van der Waals surface area contributed by atoms with Gasteiger partial charge in [0.1, 0.15) is 0 Å². The quantitative estimate of drug-likeness (QED) is 0.680. The molecule has 2 aromatic carbocycles. The van der Waals surface area contributed by atoms with Crippen LogP contribution in [0.3, 0.4) is 0 Å². The van der Waals surface area contributed by atoms with E-state index in [-0.39, 0.29) is 5.56 Å². The lowest BCUT2D eigenvalue weighted by Gasteiger charge is -2.21. The second-order valence-corrected chi connectivity index (χ2v) is 5.30. The summed E-state index contributed by atoms with van der Waals surface area (Å²) in [6, 6.07) is 13.3. The number of hydrogen-bond donors (Lipinski definition) is 0. The lowest BCUT2D eigenvalue weighted by molar-refractivity contribution is -0.137. The van der Waals surface area contributed by atoms with Crippen LogP contribution in [0.1, 0.15) is 16.7 Å². The summed E-state index contributed by atoms with van der Waals surface area (Å²) in [5.41, 5.74) is -0.600. The Morgan fingerprint density at radius 2 is 1.57 bits per heavy atom. The third-order valence-electron chi connectivity index (χ3n) is 3.00. The number of halogens is 5. The van der Waals surface area contributed by atoms with Gasteiger partial charge in [0.05, 0.1) is 16.7 Å². The minimum absolute atomic E-state index is 0.0228. The van der Waals surface area contributed by atoms with Crippen LogP contribution >= 0.6 is 23.2 Å². The second-order valence-electron chi connectivity index (χ2n) is 4.33. The third-order valence-corrected chi connectivity index (χ3v) is 3.85. The van der Waals surface area contributed by atoms with Gasteiger partial charge in [0, 0.05) is 0 Å². The van der Waals surface area contributed by atoms with E-state index in [4.69, 9.17) is 23.2 Å². The fraction of sp³-hybridized carbons (Fsp3) is 0.133. The predicted molar refractivity (Wildman–Crippen MR) is 75.1 cm³/mol. The Hall–Kier alpha value is -1.70. The smallest absolute Gasteiger partial charge is 0.196 e. The molecule has 6 heteroatoms. The molecule has 0 aliphatic rings. The first-order valence-corrected chi connectivity index (χ1v) is 6.57. The average molecular weight is 330 g/mol. The van der Waals surface area contributed by atoms with E-state index in [0.29, 0.717) is 5.56 Å². The van der Waals surface area contributed by atoms with Gasteiger partial charge in [0.15, 0.2) is 4.87 Å². The lowest BCUT2D eigenvalue weighted by atomic mass is 9.90. The molecule has 21 heavy (non-hydrogen) atoms. The normalized spacial score (nSPS) is 14.3. The van der Waals surface area contributed by atoms with Crippen molar-refractivity contribution in [1.29, 1.82) is 5.26 Å². The molecule has 0 saturated heterocycles. The van der Waals surface area contributed by atoms with Crippen molar-refractivity contribution in [2.45, 2.75) is 11.1 Å². The highest BCUT2D eigenvalue weighted by Crippen LogP contribution is 2.41. The maximum absolute atomic E-state index is 12.9. The summed E-state index contributed by atoms with van der Waals surface area (Å²) in [7, 11) is 0. The molecule has 0 fully saturated rings. The van der Waals surface area contributed by atoms with E-state index in [1.165, 1.54) is 6.07 Å². The zero-order valence-electron chi connectivity index (χ0n) is 10.5. The minimum Gasteiger partial charge on any atom is -0.196 e. The van der Waals surface area contributed by atoms with Crippen LogP contribution < -0.4 is 0 Å². The molecule has 1 nitrogen and oxygen atoms in total. The second kappa shape index (κ2) is 5.59. The zero-order chi connectivity index (χ0) is 15.7. The van der Waals surface area contributed by atoms with Crippen LogP contribution in [0, 0.1) is 11.3 Å². The van der Waals surface area contributed by atoms with E-state index < -0.39 is 21.6 Å². The van der Waals surface area contributed by atoms with E-state index >= 15 is 0 Å². The Balaban J connectivity index is 2.63. The molecule has 0 saturated carbocycles. The summed E-state index contributed by atoms with van der Waals surface area (Å²) in [6.07, 6.45) is -4.61. The molecule has 0 N–H and O–H groups in total. The molecule has 1 atom stereocenters. The van der Waals surface area contributed by atoms with Crippen molar-refractivity contribution < 1.29 is 13.2 Å². The molecule has 0 amide bonds. The maximum Gasteiger partial charge on any atom is 0.417 e. The molecule has 0 aliphatic heterocycles. The van der Waals surface area contributed by atoms with E-state index in [9.17, 15) is 18.4 Å². The zero-order valence-corrected chi connectivity index (χ0v) is 12.0. The molecule has 0 bridgehead atoms. The molecule has 1 unspecified atom stereocenters. The Labute approximate surface area is 129 Å². The molecule has 0 spiro atoms. The van der Waals surface area contributed by atoms with Gasteiger partial charge in [-0.3, -0.25) is 0 Å². The Bertz CT molecular complexity index is 692. The van der Waals surface area contributed by atoms with Crippen molar-refractivity contribution in [1.82, 2.24) is 0 Å². The number of benzene rings is 2. The lowest BCUT2D eigenvalue weighted by Crippen LogP contribution is -2.19. The largest absolute Gasteiger partial charge is 0.417 e. The van der Waals surface area contributed by atoms with Crippen LogP contribution in [-0.4, -0.2) is 0 Å². The predicted octanol–water partition coefficient (Wildman–Crippen LogP) is 5.36. The summed E-state index contributed by atoms with van der Waals surface area (Å²) < 4.78 is 38.7. The van der Waals surface area contributed by atoms with Crippen LogP contribution in [0.15, 0.2) is 48.5 Å². The molecular formula is C15H8Cl2F3N. The van der Waals surface area contributed by atoms with Gasteiger partial charge in [0.25, 0.3) is 0 Å². The SMILES string of the molecule is N#CC(Cl)(c1ccccc1)c1ccc(Cl)c(C(F)(F)F)c1. The number of alkyl halides is 4. The number of nitriles is 1. The fourth-order valence-electron chi connectivity index (χ4n) is 1.92. The standard InChI is InChI=1S/C15H8Cl2F3N/c16-13-7-6-11(8-12(13)15(18,19)20)14(17,9-21)10-4-2-1-3-5-10/h1-8H. The Morgan fingerprint density at radius 3 is 2.10 bits per heavy atom.